The molecule has 1 N–H and O–H groups in total. The van der Waals surface area contributed by atoms with Gasteiger partial charge in [-0.25, -0.2) is 9.78 Å². The summed E-state index contributed by atoms with van der Waals surface area (Å²) >= 11 is 0. The van der Waals surface area contributed by atoms with Gasteiger partial charge >= 0.3 is 5.69 Å². The fourth-order valence-electron chi connectivity index (χ4n) is 1.26. The van der Waals surface area contributed by atoms with Gasteiger partial charge < -0.3 is 4.57 Å². The Bertz CT molecular complexity index is 574. The lowest BCUT2D eigenvalue weighted by molar-refractivity contribution is 0.829. The largest absolute Gasteiger partial charge is 0.329 e. The van der Waals surface area contributed by atoms with E-state index in [1.807, 2.05) is 0 Å². The van der Waals surface area contributed by atoms with Gasteiger partial charge in [0.2, 0.25) is 0 Å². The number of nitrogens with one attached hydrogen (secondary N) is 1. The van der Waals surface area contributed by atoms with Crippen LogP contribution in [0.25, 0.3) is 11.2 Å². The SMILES string of the molecule is C[15n]1c[15n][13c]2[13c]1[13c](=O)[nH][13c](=O)[15n]2C. The second kappa shape index (κ2) is 2.32. The van der Waals surface area contributed by atoms with Crippen LogP contribution in [0.3, 0.4) is 0 Å². The highest BCUT2D eigenvalue weighted by Gasteiger charge is 2.08. The van der Waals surface area contributed by atoms with Crippen molar-refractivity contribution in [3.05, 3.63) is 27.2 Å². The summed E-state index contributed by atoms with van der Waals surface area (Å²) in [6, 6.07) is 0. The topological polar surface area (TPSA) is 72.7 Å². The van der Waals surface area contributed by atoms with Gasteiger partial charge in [-0.1, -0.05) is 0 Å². The number of imidazole rings is 1. The molecule has 0 saturated carbocycles. The van der Waals surface area contributed by atoms with E-state index in [-0.39, 0.29) is 0 Å². The molecule has 2 heterocycles. The maximum atomic E-state index is 11.3. The first kappa shape index (κ1) is 7.78. The van der Waals surface area contributed by atoms with E-state index in [4.69, 9.17) is 0 Å². The fraction of sp³-hybridized carbons (Fsp3) is 0.286. The molecule has 0 fully saturated rings. The second-order valence-corrected chi connectivity index (χ2v) is 2.85. The van der Waals surface area contributed by atoms with E-state index in [9.17, 15) is 9.59 Å². The van der Waals surface area contributed by atoms with Gasteiger partial charge in [-0.15, -0.1) is 0 Å². The lowest BCUT2D eigenvalue weighted by Crippen LogP contribution is -2.28. The van der Waals surface area contributed by atoms with Crippen LogP contribution < -0.4 is 11.2 Å². The van der Waals surface area contributed by atoms with Crippen LogP contribution in [0.15, 0.2) is 15.9 Å². The molecule has 13 heavy (non-hydrogen) atoms. The molecular weight excluding hydrogens is 179 g/mol. The van der Waals surface area contributed by atoms with Gasteiger partial charge in [0.15, 0.2) is 11.2 Å². The number of H-pyrrole nitrogens is 1. The van der Waals surface area contributed by atoms with Crippen LogP contribution in [-0.4, -0.2) is 19.1 Å². The molecule has 0 aliphatic carbocycles. The molecule has 2 aromatic rings. The molecule has 0 radical (unpaired) electrons. The number of aryl methyl sites for hydroxylation is 2. The third-order valence-corrected chi connectivity index (χ3v) is 1.98. The van der Waals surface area contributed by atoms with Crippen LogP contribution in [0.4, 0.5) is 0 Å². The van der Waals surface area contributed by atoms with E-state index < -0.39 is 11.2 Å². The molecule has 6 heteroatoms. The predicted octanol–water partition coefficient (Wildman–Crippen LogP) is -1.04. The Kier molecular flexibility index (Phi) is 1.39. The average molecular weight is 187 g/mol. The Morgan fingerprint density at radius 3 is 2.77 bits per heavy atom. The number of hydrogen-bond acceptors (Lipinski definition) is 3. The zero-order valence-electron chi connectivity index (χ0n) is 7.24. The van der Waals surface area contributed by atoms with Crippen LogP contribution in [0.1, 0.15) is 0 Å². The first-order valence-corrected chi connectivity index (χ1v) is 3.71. The van der Waals surface area contributed by atoms with Crippen molar-refractivity contribution in [3.8, 4) is 0 Å². The number of fused-ring (bicyclic) bond motifs is 1. The van der Waals surface area contributed by atoms with Gasteiger partial charge in [0, 0.05) is 14.1 Å². The zero-order valence-corrected chi connectivity index (χ0v) is 7.24. The summed E-state index contributed by atoms with van der Waals surface area (Å²) in [5.74, 6) is 0. The summed E-state index contributed by atoms with van der Waals surface area (Å²) in [6.45, 7) is 0. The molecule has 0 amide bonds. The van der Waals surface area contributed by atoms with Crippen LogP contribution >= 0.6 is 0 Å². The van der Waals surface area contributed by atoms with E-state index in [1.165, 1.54) is 10.9 Å². The van der Waals surface area contributed by atoms with Gasteiger partial charge in [0.25, 0.3) is 5.56 Å². The maximum absolute atomic E-state index is 11.3. The van der Waals surface area contributed by atoms with Gasteiger partial charge in [0.05, 0.1) is 6.33 Å². The highest BCUT2D eigenvalue weighted by Crippen LogP contribution is 2.00. The number of nitrogens with zero attached hydrogens (tertiary/aromatic N) is 3. The summed E-state index contributed by atoms with van der Waals surface area (Å²) in [6.07, 6.45) is 1.50. The molecule has 68 valence electrons. The van der Waals surface area contributed by atoms with Gasteiger partial charge in [-0.05, 0) is 0 Å². The number of hydrogen-bond donors (Lipinski definition) is 1. The first-order valence-electron chi connectivity index (χ1n) is 3.71. The van der Waals surface area contributed by atoms with Crippen molar-refractivity contribution in [1.82, 2.24) is 19.1 Å². The fourth-order valence-corrected chi connectivity index (χ4v) is 1.26. The summed E-state index contributed by atoms with van der Waals surface area (Å²) in [7, 11) is 3.27. The minimum absolute atomic E-state index is 0.399. The molecule has 0 spiro atoms. The second-order valence-electron chi connectivity index (χ2n) is 2.85. The molecule has 0 aliphatic heterocycles. The van der Waals surface area contributed by atoms with Gasteiger partial charge in [-0.2, -0.15) is 0 Å². The van der Waals surface area contributed by atoms with Crippen molar-refractivity contribution >= 4 is 11.2 Å². The van der Waals surface area contributed by atoms with Crippen LogP contribution in [0, 0.1) is 0 Å². The third kappa shape index (κ3) is 0.915. The number of aromatic amines is 1. The summed E-state index contributed by atoms with van der Waals surface area (Å²) in [4.78, 5) is 28.6. The molecule has 6 nitrogen and oxygen atoms in total. The lowest BCUT2D eigenvalue weighted by Gasteiger charge is -1.97. The molecule has 2 aromatic heterocycles. The summed E-state index contributed by atoms with van der Waals surface area (Å²) in [5, 5.41) is 0. The van der Waals surface area contributed by atoms with E-state index in [2.05, 4.69) is 9.97 Å². The molecule has 0 aromatic carbocycles. The van der Waals surface area contributed by atoms with Gasteiger partial charge in [-0.3, -0.25) is 14.3 Å². The normalized spacial score (nSPS) is 10.9. The Hall–Kier alpha value is -1.85. The molecule has 0 bridgehead atoms. The molecule has 0 atom stereocenters. The molecule has 0 unspecified atom stereocenters. The van der Waals surface area contributed by atoms with Crippen molar-refractivity contribution < 1.29 is 0 Å². The monoisotopic (exact) mass is 187 g/mol. The van der Waals surface area contributed by atoms with Crippen molar-refractivity contribution in [3.63, 3.8) is 0 Å². The van der Waals surface area contributed by atoms with E-state index in [0.29, 0.717) is 11.2 Å². The minimum Gasteiger partial charge on any atom is -0.328 e. The predicted molar refractivity (Wildman–Crippen MR) is 46.6 cm³/mol. The van der Waals surface area contributed by atoms with Crippen molar-refractivity contribution in [1.29, 1.82) is 0 Å². The number of rotatable bonds is 0. The molecular formula is C7H8N4O2. The lowest BCUT2D eigenvalue weighted by atomic mass is 11.3. The highest BCUT2D eigenvalue weighted by molar-refractivity contribution is 5.69. The van der Waals surface area contributed by atoms with E-state index in [1.54, 1.807) is 18.7 Å². The quantitative estimate of drug-likeness (QED) is 0.572. The first-order chi connectivity index (χ1) is 6.11. The summed E-state index contributed by atoms with van der Waals surface area (Å²) < 4.78 is 2.88. The highest BCUT2D eigenvalue weighted by atomic mass is 16.3. The Labute approximate surface area is 72.5 Å². The smallest absolute Gasteiger partial charge is 0.328 e. The molecule has 0 saturated heterocycles. The van der Waals surface area contributed by atoms with Crippen LogP contribution in [-0.2, 0) is 14.1 Å². The molecule has 0 aliphatic rings. The van der Waals surface area contributed by atoms with Crippen molar-refractivity contribution in [2.45, 2.75) is 0 Å². The molecule has 2 rings (SSSR count). The zero-order chi connectivity index (χ0) is 9.59. The maximum Gasteiger partial charge on any atom is 0.329 e. The number of aromatic nitrogens is 4. The Balaban J connectivity index is 3.18. The standard InChI is InChI=1S/C7H8N4O2/c1-10-3-8-5-4(10)6(12)9-7(13)11(5)2/h3H,1-2H3,(H,9,12,13)/i4+1,5+1,6+1,7+1,8+1,10+1,11+1. The van der Waals surface area contributed by atoms with E-state index in [0.717, 1.165) is 0 Å². The Morgan fingerprint density at radius 1 is 1.38 bits per heavy atom. The van der Waals surface area contributed by atoms with Crippen LogP contribution in [0.2, 0.25) is 0 Å². The third-order valence-electron chi connectivity index (χ3n) is 1.98. The van der Waals surface area contributed by atoms with Crippen molar-refractivity contribution in [2.24, 2.45) is 14.1 Å². The van der Waals surface area contributed by atoms with Crippen molar-refractivity contribution in [2.75, 3.05) is 0 Å². The minimum atomic E-state index is -0.448. The Morgan fingerprint density at radius 2 is 2.08 bits per heavy atom. The van der Waals surface area contributed by atoms with Gasteiger partial charge in [0.1, 0.15) is 0 Å². The summed E-state index contributed by atoms with van der Waals surface area (Å²) in [5.41, 5.74) is -0.0485. The van der Waals surface area contributed by atoms with E-state index >= 15 is 0 Å². The van der Waals surface area contributed by atoms with Crippen LogP contribution in [0.5, 0.6) is 0 Å². The average Bonchev–Trinajstić information content (AvgIpc) is 2.44.